The second kappa shape index (κ2) is 9.90. The predicted octanol–water partition coefficient (Wildman–Crippen LogP) is 4.57. The van der Waals surface area contributed by atoms with E-state index in [0.717, 1.165) is 53.2 Å². The van der Waals surface area contributed by atoms with Crippen molar-refractivity contribution in [1.82, 2.24) is 29.5 Å². The van der Waals surface area contributed by atoms with E-state index in [1.54, 1.807) is 10.8 Å². The van der Waals surface area contributed by atoms with Crippen LogP contribution in [0.4, 0.5) is 17.2 Å². The monoisotopic (exact) mass is 496 g/mol. The number of anilines is 3. The number of aromatic nitrogens is 5. The van der Waals surface area contributed by atoms with Crippen LogP contribution < -0.4 is 20.5 Å². The fourth-order valence-corrected chi connectivity index (χ4v) is 4.58. The molecule has 0 saturated carbocycles. The molecular weight excluding hydrogens is 468 g/mol. The number of nitrogens with one attached hydrogen (secondary N) is 1. The number of nitrogens with zero attached hydrogens (tertiary/aromatic N) is 6. The first kappa shape index (κ1) is 23.0. The molecule has 188 valence electrons. The average molecular weight is 497 g/mol. The molecule has 2 aromatic carbocycles. The van der Waals surface area contributed by atoms with Crippen molar-refractivity contribution in [1.29, 1.82) is 0 Å². The van der Waals surface area contributed by atoms with Gasteiger partial charge in [-0.25, -0.2) is 19.5 Å². The number of ether oxygens (including phenoxy) is 2. The molecule has 1 aliphatic rings. The Kier molecular flexibility index (Phi) is 6.15. The molecule has 0 amide bonds. The second-order valence-corrected chi connectivity index (χ2v) is 9.16. The maximum Gasteiger partial charge on any atom is 0.158 e. The highest BCUT2D eigenvalue weighted by molar-refractivity contribution is 5.94. The van der Waals surface area contributed by atoms with Gasteiger partial charge in [0.15, 0.2) is 5.65 Å². The van der Waals surface area contributed by atoms with Crippen LogP contribution in [-0.4, -0.2) is 55.7 Å². The molecule has 0 bridgehead atoms. The van der Waals surface area contributed by atoms with E-state index < -0.39 is 0 Å². The summed E-state index contributed by atoms with van der Waals surface area (Å²) in [5, 5.41) is 8.33. The Morgan fingerprint density at radius 1 is 0.973 bits per heavy atom. The van der Waals surface area contributed by atoms with E-state index in [2.05, 4.69) is 30.3 Å². The molecule has 1 fully saturated rings. The fraction of sp³-hybridized carbons (Fsp3) is 0.259. The molecule has 0 aliphatic carbocycles. The van der Waals surface area contributed by atoms with Crippen molar-refractivity contribution in [3.63, 3.8) is 0 Å². The minimum Gasteiger partial charge on any atom is -0.490 e. The summed E-state index contributed by atoms with van der Waals surface area (Å²) in [6, 6.07) is 13.3. The number of pyridine rings is 1. The first-order valence-electron chi connectivity index (χ1n) is 12.4. The lowest BCUT2D eigenvalue weighted by molar-refractivity contribution is 0.239. The number of nitrogen functional groups attached to an aromatic ring is 1. The van der Waals surface area contributed by atoms with Gasteiger partial charge in [-0.15, -0.1) is 0 Å². The Bertz CT molecular complexity index is 1560. The molecule has 0 unspecified atom stereocenters. The van der Waals surface area contributed by atoms with Crippen LogP contribution in [-0.2, 0) is 0 Å². The fourth-order valence-electron chi connectivity index (χ4n) is 4.58. The van der Waals surface area contributed by atoms with Crippen LogP contribution in [0.5, 0.6) is 17.2 Å². The highest BCUT2D eigenvalue weighted by Gasteiger charge is 2.13. The summed E-state index contributed by atoms with van der Waals surface area (Å²) < 4.78 is 13.8. The molecule has 6 rings (SSSR count). The minimum atomic E-state index is 0.566. The standard InChI is InChI=1S/C27H28N8O2/c1-18-12-19(4-5-24(18)37-20-6-9-35-26(13-20)30-17-32-35)33-27-21-14-22(28)25(15-23(21)29-16-31-27)36-11-10-34-7-2-3-8-34/h4-6,9,12-17H,2-3,7-8,10-11,28H2,1H3,(H,29,31,33). The summed E-state index contributed by atoms with van der Waals surface area (Å²) in [4.78, 5) is 15.5. The molecule has 10 nitrogen and oxygen atoms in total. The van der Waals surface area contributed by atoms with Gasteiger partial charge in [-0.3, -0.25) is 4.90 Å². The molecule has 0 atom stereocenters. The summed E-state index contributed by atoms with van der Waals surface area (Å²) in [7, 11) is 0. The smallest absolute Gasteiger partial charge is 0.158 e. The normalized spacial score (nSPS) is 13.9. The van der Waals surface area contributed by atoms with Crippen molar-refractivity contribution in [2.24, 2.45) is 0 Å². The van der Waals surface area contributed by atoms with Crippen LogP contribution in [0.25, 0.3) is 16.6 Å². The lowest BCUT2D eigenvalue weighted by Gasteiger charge is -2.16. The van der Waals surface area contributed by atoms with Crippen molar-refractivity contribution in [2.45, 2.75) is 19.8 Å². The van der Waals surface area contributed by atoms with Gasteiger partial charge in [-0.1, -0.05) is 0 Å². The number of likely N-dealkylation sites (tertiary alicyclic amines) is 1. The number of rotatable bonds is 8. The first-order chi connectivity index (χ1) is 18.1. The van der Waals surface area contributed by atoms with Gasteiger partial charge in [0.05, 0.1) is 11.2 Å². The summed E-state index contributed by atoms with van der Waals surface area (Å²) >= 11 is 0. The van der Waals surface area contributed by atoms with Crippen LogP contribution >= 0.6 is 0 Å². The van der Waals surface area contributed by atoms with Crippen LogP contribution in [0.3, 0.4) is 0 Å². The van der Waals surface area contributed by atoms with Gasteiger partial charge >= 0.3 is 0 Å². The lowest BCUT2D eigenvalue weighted by atomic mass is 10.1. The number of aryl methyl sites for hydroxylation is 1. The SMILES string of the molecule is Cc1cc(Nc2ncnc3cc(OCCN4CCCC4)c(N)cc23)ccc1Oc1ccn2ncnc2c1. The molecule has 3 N–H and O–H groups in total. The Hall–Kier alpha value is -4.44. The molecule has 4 heterocycles. The minimum absolute atomic E-state index is 0.566. The third-order valence-corrected chi connectivity index (χ3v) is 6.55. The maximum atomic E-state index is 6.34. The van der Waals surface area contributed by atoms with Crippen molar-refractivity contribution < 1.29 is 9.47 Å². The zero-order chi connectivity index (χ0) is 25.2. The Balaban J connectivity index is 1.17. The largest absolute Gasteiger partial charge is 0.490 e. The number of benzene rings is 2. The Morgan fingerprint density at radius 3 is 2.73 bits per heavy atom. The van der Waals surface area contributed by atoms with Crippen molar-refractivity contribution in [2.75, 3.05) is 37.3 Å². The van der Waals surface area contributed by atoms with Crippen molar-refractivity contribution >= 4 is 33.7 Å². The Labute approximate surface area is 214 Å². The lowest BCUT2D eigenvalue weighted by Crippen LogP contribution is -2.25. The van der Waals surface area contributed by atoms with Crippen LogP contribution in [0.1, 0.15) is 18.4 Å². The number of hydrogen-bond acceptors (Lipinski definition) is 9. The summed E-state index contributed by atoms with van der Waals surface area (Å²) in [5.74, 6) is 2.77. The summed E-state index contributed by atoms with van der Waals surface area (Å²) in [5.41, 5.74) is 10.2. The molecule has 1 saturated heterocycles. The average Bonchev–Trinajstić information content (AvgIpc) is 3.58. The quantitative estimate of drug-likeness (QED) is 0.298. The van der Waals surface area contributed by atoms with Gasteiger partial charge in [0.2, 0.25) is 0 Å². The van der Waals surface area contributed by atoms with Gasteiger partial charge < -0.3 is 20.5 Å². The first-order valence-corrected chi connectivity index (χ1v) is 12.4. The molecule has 0 radical (unpaired) electrons. The van der Waals surface area contributed by atoms with Gasteiger partial charge in [0.25, 0.3) is 0 Å². The third-order valence-electron chi connectivity index (χ3n) is 6.55. The summed E-state index contributed by atoms with van der Waals surface area (Å²) in [6.45, 7) is 5.79. The van der Waals surface area contributed by atoms with Crippen LogP contribution in [0, 0.1) is 6.92 Å². The molecule has 1 aliphatic heterocycles. The second-order valence-electron chi connectivity index (χ2n) is 9.16. The zero-order valence-electron chi connectivity index (χ0n) is 20.6. The molecule has 3 aromatic heterocycles. The number of fused-ring (bicyclic) bond motifs is 2. The van der Waals surface area contributed by atoms with Gasteiger partial charge in [0.1, 0.15) is 42.3 Å². The van der Waals surface area contributed by atoms with E-state index in [9.17, 15) is 0 Å². The highest BCUT2D eigenvalue weighted by atomic mass is 16.5. The zero-order valence-corrected chi connectivity index (χ0v) is 20.6. The molecule has 37 heavy (non-hydrogen) atoms. The third kappa shape index (κ3) is 4.96. The molecule has 0 spiro atoms. The van der Waals surface area contributed by atoms with E-state index in [1.165, 1.54) is 19.2 Å². The van der Waals surface area contributed by atoms with E-state index in [4.69, 9.17) is 15.2 Å². The van der Waals surface area contributed by atoms with Crippen LogP contribution in [0.2, 0.25) is 0 Å². The van der Waals surface area contributed by atoms with Crippen molar-refractivity contribution in [3.05, 3.63) is 66.9 Å². The van der Waals surface area contributed by atoms with Gasteiger partial charge in [0, 0.05) is 35.9 Å². The van der Waals surface area contributed by atoms with Crippen molar-refractivity contribution in [3.8, 4) is 17.2 Å². The van der Waals surface area contributed by atoms with Gasteiger partial charge in [-0.05, 0) is 68.8 Å². The maximum absolute atomic E-state index is 6.34. The highest BCUT2D eigenvalue weighted by Crippen LogP contribution is 2.33. The van der Waals surface area contributed by atoms with E-state index in [0.29, 0.717) is 29.6 Å². The number of nitrogens with two attached hydrogens (primary N) is 1. The predicted molar refractivity (Wildman–Crippen MR) is 143 cm³/mol. The molecule has 10 heteroatoms. The van der Waals surface area contributed by atoms with Crippen LogP contribution in [0.15, 0.2) is 61.3 Å². The topological polar surface area (TPSA) is 116 Å². The summed E-state index contributed by atoms with van der Waals surface area (Å²) in [6.07, 6.45) is 7.40. The number of hydrogen-bond donors (Lipinski definition) is 2. The van der Waals surface area contributed by atoms with E-state index in [1.807, 2.05) is 55.6 Å². The van der Waals surface area contributed by atoms with E-state index >= 15 is 0 Å². The Morgan fingerprint density at radius 2 is 1.86 bits per heavy atom. The van der Waals surface area contributed by atoms with Gasteiger partial charge in [-0.2, -0.15) is 5.10 Å². The molecule has 5 aromatic rings. The molecular formula is C27H28N8O2. The van der Waals surface area contributed by atoms with E-state index in [-0.39, 0.29) is 0 Å².